The molecule has 1 aromatic carbocycles. The van der Waals surface area contributed by atoms with Crippen molar-refractivity contribution in [2.45, 2.75) is 6.92 Å². The van der Waals surface area contributed by atoms with E-state index in [2.05, 4.69) is 4.98 Å². The third-order valence-electron chi connectivity index (χ3n) is 2.17. The van der Waals surface area contributed by atoms with E-state index < -0.39 is 0 Å². The summed E-state index contributed by atoms with van der Waals surface area (Å²) in [6.07, 6.45) is 1.75. The van der Waals surface area contributed by atoms with Crippen LogP contribution in [-0.4, -0.2) is 10.1 Å². The molecule has 0 aliphatic rings. The fourth-order valence-electron chi connectivity index (χ4n) is 1.36. The maximum atomic E-state index is 9.37. The van der Waals surface area contributed by atoms with Gasteiger partial charge in [0, 0.05) is 28.0 Å². The molecule has 0 saturated heterocycles. The van der Waals surface area contributed by atoms with Crippen molar-refractivity contribution in [2.24, 2.45) is 0 Å². The second-order valence-corrected chi connectivity index (χ2v) is 3.76. The van der Waals surface area contributed by atoms with Crippen LogP contribution in [-0.2, 0) is 0 Å². The van der Waals surface area contributed by atoms with Crippen LogP contribution in [0.5, 0.6) is 5.75 Å². The van der Waals surface area contributed by atoms with Crippen molar-refractivity contribution in [2.75, 3.05) is 0 Å². The molecule has 0 fully saturated rings. The van der Waals surface area contributed by atoms with Gasteiger partial charge in [0.05, 0.1) is 0 Å². The standard InChI is InChI=1S/C12H10ClNO/c1-8-2-3-9(7-14-8)11-6-10(15)4-5-12(11)13/h2-7,15H,1H3. The van der Waals surface area contributed by atoms with Gasteiger partial charge < -0.3 is 5.11 Å². The van der Waals surface area contributed by atoms with Crippen molar-refractivity contribution in [3.05, 3.63) is 47.2 Å². The second-order valence-electron chi connectivity index (χ2n) is 3.35. The Kier molecular flexibility index (Phi) is 2.60. The molecule has 0 bridgehead atoms. The van der Waals surface area contributed by atoms with Crippen LogP contribution >= 0.6 is 11.6 Å². The van der Waals surface area contributed by atoms with Crippen LogP contribution in [0.2, 0.25) is 5.02 Å². The molecule has 0 radical (unpaired) electrons. The van der Waals surface area contributed by atoms with Gasteiger partial charge in [0.25, 0.3) is 0 Å². The first-order valence-electron chi connectivity index (χ1n) is 4.58. The van der Waals surface area contributed by atoms with Crippen LogP contribution in [0.4, 0.5) is 0 Å². The average molecular weight is 220 g/mol. The Labute approximate surface area is 93.2 Å². The normalized spacial score (nSPS) is 10.3. The van der Waals surface area contributed by atoms with E-state index in [0.717, 1.165) is 16.8 Å². The molecule has 2 aromatic rings. The number of aryl methyl sites for hydroxylation is 1. The summed E-state index contributed by atoms with van der Waals surface area (Å²) >= 11 is 6.03. The SMILES string of the molecule is Cc1ccc(-c2cc(O)ccc2Cl)cn1. The molecule has 0 aliphatic carbocycles. The number of nitrogens with zero attached hydrogens (tertiary/aromatic N) is 1. The number of benzene rings is 1. The van der Waals surface area contributed by atoms with Gasteiger partial charge in [0.1, 0.15) is 5.75 Å². The lowest BCUT2D eigenvalue weighted by molar-refractivity contribution is 0.475. The first kappa shape index (κ1) is 9.99. The Morgan fingerprint density at radius 3 is 2.67 bits per heavy atom. The molecular formula is C12H10ClNO. The summed E-state index contributed by atoms with van der Waals surface area (Å²) in [7, 11) is 0. The van der Waals surface area contributed by atoms with Crippen molar-refractivity contribution < 1.29 is 5.11 Å². The maximum Gasteiger partial charge on any atom is 0.116 e. The zero-order chi connectivity index (χ0) is 10.8. The van der Waals surface area contributed by atoms with Gasteiger partial charge in [-0.2, -0.15) is 0 Å². The Morgan fingerprint density at radius 2 is 2.00 bits per heavy atom. The number of hydrogen-bond acceptors (Lipinski definition) is 2. The number of phenols is 1. The highest BCUT2D eigenvalue weighted by Gasteiger charge is 2.04. The molecule has 2 nitrogen and oxygen atoms in total. The summed E-state index contributed by atoms with van der Waals surface area (Å²) in [6.45, 7) is 1.92. The zero-order valence-electron chi connectivity index (χ0n) is 8.24. The van der Waals surface area contributed by atoms with Gasteiger partial charge in [0.2, 0.25) is 0 Å². The number of rotatable bonds is 1. The largest absolute Gasteiger partial charge is 0.508 e. The first-order chi connectivity index (χ1) is 7.16. The van der Waals surface area contributed by atoms with Crippen molar-refractivity contribution in [1.82, 2.24) is 4.98 Å². The summed E-state index contributed by atoms with van der Waals surface area (Å²) in [6, 6.07) is 8.72. The molecule has 1 heterocycles. The molecule has 3 heteroatoms. The van der Waals surface area contributed by atoms with Crippen molar-refractivity contribution in [3.8, 4) is 16.9 Å². The third-order valence-corrected chi connectivity index (χ3v) is 2.50. The van der Waals surface area contributed by atoms with E-state index in [1.54, 1.807) is 24.4 Å². The lowest BCUT2D eigenvalue weighted by Crippen LogP contribution is -1.83. The van der Waals surface area contributed by atoms with Crippen molar-refractivity contribution in [3.63, 3.8) is 0 Å². The third kappa shape index (κ3) is 2.10. The number of phenolic OH excluding ortho intramolecular Hbond substituents is 1. The van der Waals surface area contributed by atoms with E-state index in [4.69, 9.17) is 11.6 Å². The summed E-state index contributed by atoms with van der Waals surface area (Å²) in [5.41, 5.74) is 2.65. The summed E-state index contributed by atoms with van der Waals surface area (Å²) in [4.78, 5) is 4.19. The van der Waals surface area contributed by atoms with Crippen molar-refractivity contribution >= 4 is 11.6 Å². The molecule has 2 rings (SSSR count). The quantitative estimate of drug-likeness (QED) is 0.797. The first-order valence-corrected chi connectivity index (χ1v) is 4.96. The lowest BCUT2D eigenvalue weighted by Gasteiger charge is -2.04. The fourth-order valence-corrected chi connectivity index (χ4v) is 1.59. The minimum atomic E-state index is 0.204. The van der Waals surface area contributed by atoms with Gasteiger partial charge in [-0.25, -0.2) is 0 Å². The number of hydrogen-bond donors (Lipinski definition) is 1. The smallest absolute Gasteiger partial charge is 0.116 e. The van der Waals surface area contributed by atoms with Gasteiger partial charge >= 0.3 is 0 Å². The van der Waals surface area contributed by atoms with E-state index in [9.17, 15) is 5.11 Å². The van der Waals surface area contributed by atoms with Crippen molar-refractivity contribution in [1.29, 1.82) is 0 Å². The number of aromatic hydroxyl groups is 1. The Balaban J connectivity index is 2.53. The minimum absolute atomic E-state index is 0.204. The van der Waals surface area contributed by atoms with E-state index in [0.29, 0.717) is 5.02 Å². The zero-order valence-corrected chi connectivity index (χ0v) is 8.99. The Bertz CT molecular complexity index is 479. The molecule has 0 atom stereocenters. The van der Waals surface area contributed by atoms with Crippen LogP contribution in [0.15, 0.2) is 36.5 Å². The van der Waals surface area contributed by atoms with Crippen LogP contribution in [0, 0.1) is 6.92 Å². The molecule has 0 aliphatic heterocycles. The Morgan fingerprint density at radius 1 is 1.20 bits per heavy atom. The van der Waals surface area contributed by atoms with E-state index in [1.165, 1.54) is 0 Å². The minimum Gasteiger partial charge on any atom is -0.508 e. The van der Waals surface area contributed by atoms with Gasteiger partial charge in [-0.05, 0) is 31.2 Å². The van der Waals surface area contributed by atoms with Crippen LogP contribution in [0.25, 0.3) is 11.1 Å². The molecule has 0 saturated carbocycles. The second kappa shape index (κ2) is 3.91. The summed E-state index contributed by atoms with van der Waals surface area (Å²) < 4.78 is 0. The van der Waals surface area contributed by atoms with E-state index >= 15 is 0 Å². The molecule has 0 spiro atoms. The Hall–Kier alpha value is -1.54. The highest BCUT2D eigenvalue weighted by molar-refractivity contribution is 6.33. The summed E-state index contributed by atoms with van der Waals surface area (Å²) in [5.74, 6) is 0.204. The fraction of sp³-hybridized carbons (Fsp3) is 0.0833. The highest BCUT2D eigenvalue weighted by Crippen LogP contribution is 2.30. The van der Waals surface area contributed by atoms with Gasteiger partial charge in [-0.1, -0.05) is 17.7 Å². The maximum absolute atomic E-state index is 9.37. The van der Waals surface area contributed by atoms with Gasteiger partial charge in [-0.15, -0.1) is 0 Å². The monoisotopic (exact) mass is 219 g/mol. The lowest BCUT2D eigenvalue weighted by atomic mass is 10.1. The van der Waals surface area contributed by atoms with Gasteiger partial charge in [0.15, 0.2) is 0 Å². The highest BCUT2D eigenvalue weighted by atomic mass is 35.5. The average Bonchev–Trinajstić information content (AvgIpc) is 2.23. The number of aromatic nitrogens is 1. The molecule has 0 unspecified atom stereocenters. The van der Waals surface area contributed by atoms with Crippen LogP contribution < -0.4 is 0 Å². The van der Waals surface area contributed by atoms with Gasteiger partial charge in [-0.3, -0.25) is 4.98 Å². The predicted octanol–water partition coefficient (Wildman–Crippen LogP) is 3.42. The predicted molar refractivity (Wildman–Crippen MR) is 61.1 cm³/mol. The molecule has 15 heavy (non-hydrogen) atoms. The number of halogens is 1. The molecule has 76 valence electrons. The topological polar surface area (TPSA) is 33.1 Å². The van der Waals surface area contributed by atoms with E-state index in [1.807, 2.05) is 19.1 Å². The van der Waals surface area contributed by atoms with Crippen LogP contribution in [0.3, 0.4) is 0 Å². The number of pyridine rings is 1. The van der Waals surface area contributed by atoms with Crippen LogP contribution in [0.1, 0.15) is 5.69 Å². The molecule has 1 N–H and O–H groups in total. The molecule has 1 aromatic heterocycles. The molecular weight excluding hydrogens is 210 g/mol. The summed E-state index contributed by atoms with van der Waals surface area (Å²) in [5, 5.41) is 9.98. The van der Waals surface area contributed by atoms with E-state index in [-0.39, 0.29) is 5.75 Å². The molecule has 0 amide bonds.